The summed E-state index contributed by atoms with van der Waals surface area (Å²) < 4.78 is 2.01. The fourth-order valence-electron chi connectivity index (χ4n) is 3.70. The number of amides is 2. The molecule has 0 radical (unpaired) electrons. The second-order valence-corrected chi connectivity index (χ2v) is 9.04. The van der Waals surface area contributed by atoms with Crippen LogP contribution in [0.25, 0.3) is 5.69 Å². The van der Waals surface area contributed by atoms with E-state index < -0.39 is 0 Å². The van der Waals surface area contributed by atoms with Gasteiger partial charge >= 0.3 is 0 Å². The molecule has 1 N–H and O–H groups in total. The normalized spacial score (nSPS) is 14.4. The highest BCUT2D eigenvalue weighted by atomic mass is 35.5. The predicted octanol–water partition coefficient (Wildman–Crippen LogP) is 4.20. The van der Waals surface area contributed by atoms with Gasteiger partial charge < -0.3 is 10.2 Å². The molecule has 32 heavy (non-hydrogen) atoms. The summed E-state index contributed by atoms with van der Waals surface area (Å²) in [5, 5.41) is 4.14. The van der Waals surface area contributed by atoms with Crippen molar-refractivity contribution in [1.29, 1.82) is 0 Å². The zero-order valence-corrected chi connectivity index (χ0v) is 19.3. The van der Waals surface area contributed by atoms with Crippen LogP contribution in [0.5, 0.6) is 0 Å². The number of pyridine rings is 1. The second-order valence-electron chi connectivity index (χ2n) is 7.66. The number of nitrogens with zero attached hydrogens (tertiary/aromatic N) is 4. The van der Waals surface area contributed by atoms with E-state index in [1.807, 2.05) is 33.9 Å². The number of nitrogens with one attached hydrogen (secondary N) is 1. The summed E-state index contributed by atoms with van der Waals surface area (Å²) in [5.41, 5.74) is 2.20. The number of hydrogen-bond donors (Lipinski definition) is 1. The van der Waals surface area contributed by atoms with Gasteiger partial charge in [0.1, 0.15) is 5.82 Å². The van der Waals surface area contributed by atoms with Crippen LogP contribution in [0.15, 0.2) is 60.1 Å². The van der Waals surface area contributed by atoms with E-state index in [2.05, 4.69) is 28.3 Å². The van der Waals surface area contributed by atoms with Crippen LogP contribution in [-0.4, -0.2) is 50.1 Å². The molecular weight excluding hydrogens is 446 g/mol. The molecule has 4 rings (SSSR count). The van der Waals surface area contributed by atoms with Crippen LogP contribution in [0, 0.1) is 12.8 Å². The number of aromatic nitrogens is 3. The molecule has 1 aliphatic heterocycles. The molecule has 2 amide bonds. The molecule has 0 spiro atoms. The van der Waals surface area contributed by atoms with Crippen molar-refractivity contribution < 1.29 is 9.59 Å². The van der Waals surface area contributed by atoms with Crippen LogP contribution in [0.3, 0.4) is 0 Å². The SMILES string of the molecule is Cc1ccccc1-n1ccnc1SCC(=O)N1CCC(C(=O)Nc2ccc(Cl)cn2)CC1. The highest BCUT2D eigenvalue weighted by molar-refractivity contribution is 7.99. The molecule has 0 unspecified atom stereocenters. The molecule has 1 aliphatic rings. The van der Waals surface area contributed by atoms with Crippen molar-refractivity contribution in [3.8, 4) is 5.69 Å². The van der Waals surface area contributed by atoms with Crippen molar-refractivity contribution >= 4 is 41.0 Å². The molecule has 0 bridgehead atoms. The first kappa shape index (κ1) is 22.4. The minimum atomic E-state index is -0.135. The van der Waals surface area contributed by atoms with E-state index in [-0.39, 0.29) is 17.7 Å². The Morgan fingerprint density at radius 3 is 2.66 bits per heavy atom. The van der Waals surface area contributed by atoms with Crippen LogP contribution in [-0.2, 0) is 9.59 Å². The first-order valence-corrected chi connectivity index (χ1v) is 11.8. The highest BCUT2D eigenvalue weighted by Gasteiger charge is 2.27. The molecule has 1 aromatic carbocycles. The fourth-order valence-corrected chi connectivity index (χ4v) is 4.68. The number of thioether (sulfide) groups is 1. The molecule has 3 aromatic rings. The van der Waals surface area contributed by atoms with E-state index in [1.54, 1.807) is 18.3 Å². The first-order valence-electron chi connectivity index (χ1n) is 10.4. The number of benzene rings is 1. The van der Waals surface area contributed by atoms with Gasteiger partial charge in [0.25, 0.3) is 0 Å². The molecule has 2 aromatic heterocycles. The summed E-state index contributed by atoms with van der Waals surface area (Å²) in [4.78, 5) is 35.6. The Hall–Kier alpha value is -2.84. The maximum absolute atomic E-state index is 12.8. The van der Waals surface area contributed by atoms with Gasteiger partial charge in [-0.25, -0.2) is 9.97 Å². The van der Waals surface area contributed by atoms with Gasteiger partial charge in [0.15, 0.2) is 5.16 Å². The molecule has 1 saturated heterocycles. The average Bonchev–Trinajstić information content (AvgIpc) is 3.28. The number of imidazole rings is 1. The minimum Gasteiger partial charge on any atom is -0.342 e. The lowest BCUT2D eigenvalue weighted by atomic mass is 9.96. The number of anilines is 1. The van der Waals surface area contributed by atoms with Crippen molar-refractivity contribution in [2.45, 2.75) is 24.9 Å². The lowest BCUT2D eigenvalue weighted by Crippen LogP contribution is -2.42. The third kappa shape index (κ3) is 5.31. The largest absolute Gasteiger partial charge is 0.342 e. The Bertz CT molecular complexity index is 1090. The average molecular weight is 470 g/mol. The van der Waals surface area contributed by atoms with Gasteiger partial charge in [0.05, 0.1) is 16.5 Å². The number of hydrogen-bond acceptors (Lipinski definition) is 5. The summed E-state index contributed by atoms with van der Waals surface area (Å²) in [6.07, 6.45) is 6.43. The van der Waals surface area contributed by atoms with Crippen molar-refractivity contribution in [3.05, 3.63) is 65.6 Å². The summed E-state index contributed by atoms with van der Waals surface area (Å²) >= 11 is 7.26. The number of rotatable bonds is 6. The summed E-state index contributed by atoms with van der Waals surface area (Å²) in [5.74, 6) is 0.658. The molecule has 0 aliphatic carbocycles. The van der Waals surface area contributed by atoms with Gasteiger partial charge in [0.2, 0.25) is 11.8 Å². The topological polar surface area (TPSA) is 80.1 Å². The summed E-state index contributed by atoms with van der Waals surface area (Å²) in [7, 11) is 0. The van der Waals surface area contributed by atoms with Gasteiger partial charge in [0, 0.05) is 37.6 Å². The smallest absolute Gasteiger partial charge is 0.233 e. The van der Waals surface area contributed by atoms with E-state index >= 15 is 0 Å². The number of halogens is 1. The molecule has 0 atom stereocenters. The van der Waals surface area contributed by atoms with Crippen molar-refractivity contribution in [1.82, 2.24) is 19.4 Å². The first-order chi connectivity index (χ1) is 15.5. The quantitative estimate of drug-likeness (QED) is 0.547. The van der Waals surface area contributed by atoms with Crippen LogP contribution in [0.1, 0.15) is 18.4 Å². The predicted molar refractivity (Wildman–Crippen MR) is 126 cm³/mol. The Morgan fingerprint density at radius 2 is 1.94 bits per heavy atom. The lowest BCUT2D eigenvalue weighted by Gasteiger charge is -2.31. The van der Waals surface area contributed by atoms with E-state index in [0.29, 0.717) is 42.5 Å². The zero-order chi connectivity index (χ0) is 22.5. The molecule has 0 saturated carbocycles. The number of piperidine rings is 1. The second kappa shape index (κ2) is 10.2. The van der Waals surface area contributed by atoms with Crippen molar-refractivity contribution in [2.75, 3.05) is 24.2 Å². The van der Waals surface area contributed by atoms with Crippen molar-refractivity contribution in [2.24, 2.45) is 5.92 Å². The number of aryl methyl sites for hydroxylation is 1. The monoisotopic (exact) mass is 469 g/mol. The molecule has 9 heteroatoms. The van der Waals surface area contributed by atoms with Gasteiger partial charge in [-0.1, -0.05) is 41.6 Å². The van der Waals surface area contributed by atoms with E-state index in [9.17, 15) is 9.59 Å². The molecule has 166 valence electrons. The number of carbonyl (C=O) groups excluding carboxylic acids is 2. The van der Waals surface area contributed by atoms with Gasteiger partial charge in [-0.3, -0.25) is 14.2 Å². The third-order valence-corrected chi connectivity index (χ3v) is 6.68. The third-order valence-electron chi connectivity index (χ3n) is 5.50. The maximum Gasteiger partial charge on any atom is 0.233 e. The van der Waals surface area contributed by atoms with Crippen LogP contribution in [0.2, 0.25) is 5.02 Å². The Labute approximate surface area is 196 Å². The van der Waals surface area contributed by atoms with Crippen LogP contribution in [0.4, 0.5) is 5.82 Å². The Morgan fingerprint density at radius 1 is 1.16 bits per heavy atom. The zero-order valence-electron chi connectivity index (χ0n) is 17.7. The van der Waals surface area contributed by atoms with E-state index in [1.165, 1.54) is 18.0 Å². The molecule has 7 nitrogen and oxygen atoms in total. The maximum atomic E-state index is 12.8. The number of para-hydroxylation sites is 1. The van der Waals surface area contributed by atoms with Gasteiger partial charge in [-0.2, -0.15) is 0 Å². The van der Waals surface area contributed by atoms with Crippen molar-refractivity contribution in [3.63, 3.8) is 0 Å². The highest BCUT2D eigenvalue weighted by Crippen LogP contribution is 2.24. The number of likely N-dealkylation sites (tertiary alicyclic amines) is 1. The summed E-state index contributed by atoms with van der Waals surface area (Å²) in [6.45, 7) is 3.19. The minimum absolute atomic E-state index is 0.0626. The fraction of sp³-hybridized carbons (Fsp3) is 0.304. The van der Waals surface area contributed by atoms with E-state index in [4.69, 9.17) is 11.6 Å². The summed E-state index contributed by atoms with van der Waals surface area (Å²) in [6, 6.07) is 11.5. The molecule has 3 heterocycles. The standard InChI is InChI=1S/C23H24ClN5O2S/c1-16-4-2-3-5-19(16)29-13-10-25-23(29)32-15-21(30)28-11-8-17(9-12-28)22(31)27-20-7-6-18(24)14-26-20/h2-7,10,13-14,17H,8-9,11-12,15H2,1H3,(H,26,27,31). The number of carbonyl (C=O) groups is 2. The Kier molecular flexibility index (Phi) is 7.12. The van der Waals surface area contributed by atoms with Gasteiger partial charge in [-0.15, -0.1) is 0 Å². The van der Waals surface area contributed by atoms with Crippen LogP contribution >= 0.6 is 23.4 Å². The molecule has 1 fully saturated rings. The lowest BCUT2D eigenvalue weighted by molar-refractivity contribution is -0.132. The van der Waals surface area contributed by atoms with E-state index in [0.717, 1.165) is 16.4 Å². The van der Waals surface area contributed by atoms with Crippen LogP contribution < -0.4 is 5.32 Å². The molecular formula is C23H24ClN5O2S. The van der Waals surface area contributed by atoms with Gasteiger partial charge in [-0.05, 0) is 43.5 Å². The Balaban J connectivity index is 1.27.